The van der Waals surface area contributed by atoms with Crippen molar-refractivity contribution in [2.24, 2.45) is 0 Å². The average molecular weight is 914 g/mol. The van der Waals surface area contributed by atoms with Crippen molar-refractivity contribution in [3.8, 4) is 28.2 Å². The minimum Gasteiger partial charge on any atom is -0.328 e. The van der Waals surface area contributed by atoms with Gasteiger partial charge in [-0.15, -0.1) is 59.7 Å². The average Bonchev–Trinajstić information content (AvgIpc) is 3.56. The first kappa shape index (κ1) is 36.0. The van der Waals surface area contributed by atoms with E-state index in [0.717, 1.165) is 28.2 Å². The predicted molar refractivity (Wildman–Crippen MR) is 229 cm³/mol. The Morgan fingerprint density at radius 3 is 1.71 bits per heavy atom. The van der Waals surface area contributed by atoms with Crippen LogP contribution < -0.4 is 5.19 Å². The molecular formula is C51H39IrN3Si-2. The molecule has 0 spiro atoms. The smallest absolute Gasteiger partial charge is 0.0795 e. The van der Waals surface area contributed by atoms with Crippen LogP contribution in [0, 0.1) is 12.1 Å². The summed E-state index contributed by atoms with van der Waals surface area (Å²) in [4.78, 5) is 9.13. The van der Waals surface area contributed by atoms with E-state index in [0.29, 0.717) is 0 Å². The minimum absolute atomic E-state index is 0. The van der Waals surface area contributed by atoms with E-state index in [1.165, 1.54) is 60.4 Å². The van der Waals surface area contributed by atoms with Crippen LogP contribution in [0.15, 0.2) is 170 Å². The van der Waals surface area contributed by atoms with Crippen molar-refractivity contribution in [3.63, 3.8) is 0 Å². The molecule has 2 bridgehead atoms. The van der Waals surface area contributed by atoms with E-state index < -0.39 is 8.07 Å². The van der Waals surface area contributed by atoms with E-state index in [1.807, 2.05) is 48.8 Å². The van der Waals surface area contributed by atoms with Crippen molar-refractivity contribution in [1.82, 2.24) is 14.5 Å². The van der Waals surface area contributed by atoms with Gasteiger partial charge in [-0.2, -0.15) is 0 Å². The molecule has 9 aromatic rings. The Labute approximate surface area is 343 Å². The van der Waals surface area contributed by atoms with E-state index in [2.05, 4.69) is 168 Å². The Hall–Kier alpha value is -5.71. The summed E-state index contributed by atoms with van der Waals surface area (Å²) in [5.41, 5.74) is 16.2. The number of hydrogen-bond acceptors (Lipinski definition) is 2. The number of para-hydroxylation sites is 1. The molecule has 3 aliphatic carbocycles. The van der Waals surface area contributed by atoms with Gasteiger partial charge in [0.15, 0.2) is 0 Å². The van der Waals surface area contributed by atoms with Gasteiger partial charge in [0, 0.05) is 55.5 Å². The third kappa shape index (κ3) is 6.08. The van der Waals surface area contributed by atoms with Crippen LogP contribution in [-0.2, 0) is 20.1 Å². The van der Waals surface area contributed by atoms with E-state index in [4.69, 9.17) is 0 Å². The number of fused-ring (bicyclic) bond motifs is 3. The summed E-state index contributed by atoms with van der Waals surface area (Å²) in [7, 11) is -1.23. The van der Waals surface area contributed by atoms with Gasteiger partial charge in [-0.05, 0) is 85.1 Å². The van der Waals surface area contributed by atoms with Gasteiger partial charge in [-0.25, -0.2) is 0 Å². The molecule has 0 fully saturated rings. The maximum atomic E-state index is 4.61. The van der Waals surface area contributed by atoms with Crippen molar-refractivity contribution < 1.29 is 20.1 Å². The second-order valence-corrected chi connectivity index (χ2v) is 20.7. The molecule has 6 aromatic carbocycles. The topological polar surface area (TPSA) is 30.7 Å². The summed E-state index contributed by atoms with van der Waals surface area (Å²) in [6, 6.07) is 63.2. The third-order valence-electron chi connectivity index (χ3n) is 11.3. The maximum absolute atomic E-state index is 4.61. The summed E-state index contributed by atoms with van der Waals surface area (Å²) >= 11 is 0. The Morgan fingerprint density at radius 1 is 0.518 bits per heavy atom. The molecule has 0 N–H and O–H groups in total. The van der Waals surface area contributed by atoms with Gasteiger partial charge in [0.2, 0.25) is 0 Å². The van der Waals surface area contributed by atoms with E-state index in [1.54, 1.807) is 0 Å². The molecular weight excluding hydrogens is 875 g/mol. The fourth-order valence-corrected chi connectivity index (χ4v) is 9.72. The molecule has 3 aliphatic rings. The quantitative estimate of drug-likeness (QED) is 0.130. The Bertz CT molecular complexity index is 2800. The molecule has 3 heterocycles. The summed E-state index contributed by atoms with van der Waals surface area (Å²) in [5.74, 6) is 0.508. The molecule has 0 saturated heterocycles. The Morgan fingerprint density at radius 2 is 1.12 bits per heavy atom. The summed E-state index contributed by atoms with van der Waals surface area (Å²) in [6.45, 7) is 7.00. The van der Waals surface area contributed by atoms with Gasteiger partial charge in [0.25, 0.3) is 0 Å². The molecule has 3 aromatic heterocycles. The molecule has 0 unspecified atom stereocenters. The van der Waals surface area contributed by atoms with Crippen LogP contribution in [0.3, 0.4) is 0 Å². The SMILES string of the molecule is C[Si](C)(C)c1ccc(-c2[c-]cccc2)nc1.[Ir].[c-]1cc2c3cc4c(cc3n(-c3ccccc3)c2cc1-c1ccccn1)C1c2ccccc2C4c2ccccc21. The van der Waals surface area contributed by atoms with Crippen LogP contribution in [0.2, 0.25) is 19.6 Å². The van der Waals surface area contributed by atoms with Crippen molar-refractivity contribution >= 4 is 35.1 Å². The molecule has 0 saturated carbocycles. The van der Waals surface area contributed by atoms with Crippen molar-refractivity contribution in [1.29, 1.82) is 0 Å². The molecule has 0 amide bonds. The number of hydrogen-bond donors (Lipinski definition) is 0. The van der Waals surface area contributed by atoms with Crippen LogP contribution in [0.4, 0.5) is 0 Å². The zero-order valence-electron chi connectivity index (χ0n) is 31.5. The first-order valence-electron chi connectivity index (χ1n) is 19.1. The van der Waals surface area contributed by atoms with Crippen molar-refractivity contribution in [2.45, 2.75) is 31.5 Å². The molecule has 5 heteroatoms. The van der Waals surface area contributed by atoms with Crippen molar-refractivity contribution in [2.75, 3.05) is 0 Å². The summed E-state index contributed by atoms with van der Waals surface area (Å²) < 4.78 is 2.42. The van der Waals surface area contributed by atoms with E-state index in [9.17, 15) is 0 Å². The van der Waals surface area contributed by atoms with E-state index >= 15 is 0 Å². The Kier molecular flexibility index (Phi) is 9.26. The fraction of sp³-hybridized carbons (Fsp3) is 0.0980. The number of nitrogens with zero attached hydrogens (tertiary/aromatic N) is 3. The van der Waals surface area contributed by atoms with Gasteiger partial charge < -0.3 is 14.5 Å². The molecule has 0 aliphatic heterocycles. The second-order valence-electron chi connectivity index (χ2n) is 15.6. The zero-order valence-corrected chi connectivity index (χ0v) is 34.9. The second kappa shape index (κ2) is 14.4. The van der Waals surface area contributed by atoms with Crippen LogP contribution in [0.25, 0.3) is 50.0 Å². The van der Waals surface area contributed by atoms with Gasteiger partial charge in [-0.3, -0.25) is 0 Å². The standard InChI is InChI=1S/C37H23N2.C14H16NSi.Ir/c1-2-10-24(11-3-1)39-34-20-23(33-16-8-9-19-38-33)17-18-25(34)30-21-31-32(22-35(30)39)37-28-14-6-4-12-26(28)36(31)27-13-5-7-15-29(27)37;1-16(2,3)13-9-10-14(15-11-13)12-7-5-4-6-8-12;/h1-16,18-22,36-37H;4-7,9-11H,1-3H3;/q2*-1;. The predicted octanol–water partition coefficient (Wildman–Crippen LogP) is 11.7. The fourth-order valence-electron chi connectivity index (χ4n) is 8.69. The zero-order chi connectivity index (χ0) is 37.1. The van der Waals surface area contributed by atoms with Gasteiger partial charge >= 0.3 is 0 Å². The van der Waals surface area contributed by atoms with Crippen LogP contribution in [0.1, 0.15) is 45.2 Å². The van der Waals surface area contributed by atoms with Crippen LogP contribution in [0.5, 0.6) is 0 Å². The van der Waals surface area contributed by atoms with Gasteiger partial charge in [-0.1, -0.05) is 122 Å². The molecule has 0 atom stereocenters. The first-order valence-corrected chi connectivity index (χ1v) is 22.6. The maximum Gasteiger partial charge on any atom is 0.0795 e. The van der Waals surface area contributed by atoms with E-state index in [-0.39, 0.29) is 31.9 Å². The molecule has 1 radical (unpaired) electrons. The largest absolute Gasteiger partial charge is 0.328 e. The van der Waals surface area contributed by atoms with Crippen LogP contribution >= 0.6 is 0 Å². The van der Waals surface area contributed by atoms with Gasteiger partial charge in [0.05, 0.1) is 8.07 Å². The minimum atomic E-state index is -1.23. The summed E-state index contributed by atoms with van der Waals surface area (Å²) in [6.07, 6.45) is 3.86. The summed E-state index contributed by atoms with van der Waals surface area (Å²) in [5, 5.41) is 3.89. The normalized spacial score (nSPS) is 14.9. The number of pyridine rings is 2. The number of rotatable bonds is 4. The molecule has 12 rings (SSSR count). The molecule has 56 heavy (non-hydrogen) atoms. The van der Waals surface area contributed by atoms with Gasteiger partial charge in [0.1, 0.15) is 0 Å². The first-order chi connectivity index (χ1) is 26.9. The number of benzene rings is 6. The van der Waals surface area contributed by atoms with Crippen LogP contribution in [-0.4, -0.2) is 22.6 Å². The Balaban J connectivity index is 0.000000204. The molecule has 273 valence electrons. The monoisotopic (exact) mass is 914 g/mol. The van der Waals surface area contributed by atoms with Crippen molar-refractivity contribution in [3.05, 3.63) is 216 Å². The third-order valence-corrected chi connectivity index (χ3v) is 13.4. The number of aromatic nitrogens is 3. The molecule has 3 nitrogen and oxygen atoms in total.